The van der Waals surface area contributed by atoms with Crippen LogP contribution >= 0.6 is 11.3 Å². The Morgan fingerprint density at radius 3 is 3.08 bits per heavy atom. The lowest BCUT2D eigenvalue weighted by Crippen LogP contribution is -2.27. The standard InChI is InChI=1S/C7H9NO3S/c1-11-7(9)3-2-6-8(10)4-5-12-6/h4-5H,2-3H2,1H3. The average Bonchev–Trinajstić information content (AvgIpc) is 2.47. The molecule has 0 atom stereocenters. The lowest BCUT2D eigenvalue weighted by Gasteiger charge is -1.96. The summed E-state index contributed by atoms with van der Waals surface area (Å²) in [6, 6.07) is 0. The van der Waals surface area contributed by atoms with Crippen molar-refractivity contribution in [2.45, 2.75) is 12.8 Å². The number of esters is 1. The fourth-order valence-electron chi connectivity index (χ4n) is 0.779. The summed E-state index contributed by atoms with van der Waals surface area (Å²) in [5.74, 6) is -0.289. The van der Waals surface area contributed by atoms with E-state index in [0.717, 1.165) is 4.73 Å². The van der Waals surface area contributed by atoms with Gasteiger partial charge in [-0.3, -0.25) is 4.79 Å². The molecular formula is C7H9NO3S. The maximum absolute atomic E-state index is 10.9. The molecule has 1 aromatic rings. The number of methoxy groups -OCH3 is 1. The third kappa shape index (κ3) is 2.20. The minimum absolute atomic E-state index is 0.263. The van der Waals surface area contributed by atoms with E-state index in [1.54, 1.807) is 5.38 Å². The highest BCUT2D eigenvalue weighted by molar-refractivity contribution is 7.09. The summed E-state index contributed by atoms with van der Waals surface area (Å²) in [5.41, 5.74) is 0. The number of ether oxygens (including phenoxy) is 1. The van der Waals surface area contributed by atoms with Crippen LogP contribution in [0.2, 0.25) is 0 Å². The Balaban J connectivity index is 2.43. The summed E-state index contributed by atoms with van der Waals surface area (Å²) in [6.45, 7) is 0. The largest absolute Gasteiger partial charge is 0.618 e. The summed E-state index contributed by atoms with van der Waals surface area (Å²) in [4.78, 5) is 10.7. The van der Waals surface area contributed by atoms with Gasteiger partial charge in [-0.15, -0.1) is 0 Å². The van der Waals surface area contributed by atoms with Gasteiger partial charge >= 0.3 is 5.97 Å². The number of aromatic nitrogens is 1. The smallest absolute Gasteiger partial charge is 0.306 e. The molecule has 0 unspecified atom stereocenters. The van der Waals surface area contributed by atoms with Crippen molar-refractivity contribution in [2.24, 2.45) is 0 Å². The van der Waals surface area contributed by atoms with Gasteiger partial charge in [-0.05, 0) is 0 Å². The van der Waals surface area contributed by atoms with Gasteiger partial charge in [0.25, 0.3) is 0 Å². The van der Waals surface area contributed by atoms with E-state index >= 15 is 0 Å². The van der Waals surface area contributed by atoms with Crippen LogP contribution in [-0.4, -0.2) is 13.1 Å². The second-order valence-electron chi connectivity index (χ2n) is 2.20. The molecule has 1 rings (SSSR count). The van der Waals surface area contributed by atoms with Crippen molar-refractivity contribution >= 4 is 17.3 Å². The second kappa shape index (κ2) is 4.06. The highest BCUT2D eigenvalue weighted by Gasteiger charge is 2.09. The zero-order valence-electron chi connectivity index (χ0n) is 6.65. The zero-order valence-corrected chi connectivity index (χ0v) is 7.47. The molecule has 12 heavy (non-hydrogen) atoms. The van der Waals surface area contributed by atoms with E-state index in [9.17, 15) is 10.0 Å². The SMILES string of the molecule is COC(=O)CCc1scc[n+]1[O-]. The molecule has 0 fully saturated rings. The molecule has 1 heterocycles. The first-order valence-corrected chi connectivity index (χ1v) is 4.34. The second-order valence-corrected chi connectivity index (χ2v) is 3.18. The van der Waals surface area contributed by atoms with E-state index in [0.29, 0.717) is 11.4 Å². The molecule has 0 saturated carbocycles. The lowest BCUT2D eigenvalue weighted by atomic mass is 10.3. The van der Waals surface area contributed by atoms with Crippen molar-refractivity contribution in [3.05, 3.63) is 21.8 Å². The van der Waals surface area contributed by atoms with Crippen LogP contribution in [0.4, 0.5) is 0 Å². The van der Waals surface area contributed by atoms with Gasteiger partial charge in [-0.1, -0.05) is 11.3 Å². The van der Waals surface area contributed by atoms with Crippen LogP contribution in [0, 0.1) is 5.21 Å². The Morgan fingerprint density at radius 1 is 1.83 bits per heavy atom. The zero-order chi connectivity index (χ0) is 8.97. The third-order valence-electron chi connectivity index (χ3n) is 1.42. The van der Waals surface area contributed by atoms with E-state index in [4.69, 9.17) is 0 Å². The lowest BCUT2D eigenvalue weighted by molar-refractivity contribution is -0.608. The first kappa shape index (κ1) is 8.99. The van der Waals surface area contributed by atoms with Gasteiger partial charge in [0.15, 0.2) is 6.20 Å². The molecule has 5 heteroatoms. The molecule has 0 amide bonds. The molecule has 0 radical (unpaired) electrons. The Bertz CT molecular complexity index is 271. The van der Waals surface area contributed by atoms with E-state index in [2.05, 4.69) is 4.74 Å². The van der Waals surface area contributed by atoms with Crippen LogP contribution in [0.1, 0.15) is 11.4 Å². The molecule has 4 nitrogen and oxygen atoms in total. The van der Waals surface area contributed by atoms with Gasteiger partial charge in [0.1, 0.15) is 0 Å². The fraction of sp³-hybridized carbons (Fsp3) is 0.429. The Kier molecular flexibility index (Phi) is 3.04. The van der Waals surface area contributed by atoms with Crippen LogP contribution in [0.15, 0.2) is 11.6 Å². The van der Waals surface area contributed by atoms with Crippen molar-refractivity contribution in [1.82, 2.24) is 0 Å². The molecule has 1 aromatic heterocycles. The Hall–Kier alpha value is -1.10. The van der Waals surface area contributed by atoms with E-state index in [-0.39, 0.29) is 12.4 Å². The van der Waals surface area contributed by atoms with Gasteiger partial charge < -0.3 is 9.94 Å². The van der Waals surface area contributed by atoms with Gasteiger partial charge in [0.2, 0.25) is 5.01 Å². The van der Waals surface area contributed by atoms with Gasteiger partial charge in [0.05, 0.1) is 25.3 Å². The highest BCUT2D eigenvalue weighted by atomic mass is 32.1. The van der Waals surface area contributed by atoms with Crippen LogP contribution in [0.3, 0.4) is 0 Å². The number of thiazole rings is 1. The molecule has 0 saturated heterocycles. The molecule has 0 aliphatic rings. The molecule has 0 aromatic carbocycles. The number of nitrogens with zero attached hydrogens (tertiary/aromatic N) is 1. The van der Waals surface area contributed by atoms with Gasteiger partial charge in [0, 0.05) is 0 Å². The maximum Gasteiger partial charge on any atom is 0.306 e. The van der Waals surface area contributed by atoms with Crippen molar-refractivity contribution in [3.63, 3.8) is 0 Å². The molecule has 0 spiro atoms. The van der Waals surface area contributed by atoms with Crippen molar-refractivity contribution in [3.8, 4) is 0 Å². The molecule has 66 valence electrons. The summed E-state index contributed by atoms with van der Waals surface area (Å²) in [7, 11) is 1.34. The van der Waals surface area contributed by atoms with Gasteiger partial charge in [-0.2, -0.15) is 4.73 Å². The third-order valence-corrected chi connectivity index (χ3v) is 2.33. The summed E-state index contributed by atoms with van der Waals surface area (Å²) >= 11 is 1.34. The quantitative estimate of drug-likeness (QED) is 0.393. The van der Waals surface area contributed by atoms with Crippen molar-refractivity contribution in [2.75, 3.05) is 7.11 Å². The number of hydrogen-bond acceptors (Lipinski definition) is 4. The van der Waals surface area contributed by atoms with Crippen LogP contribution in [0.5, 0.6) is 0 Å². The van der Waals surface area contributed by atoms with Crippen LogP contribution in [-0.2, 0) is 16.0 Å². The number of rotatable bonds is 3. The van der Waals surface area contributed by atoms with Crippen molar-refractivity contribution in [1.29, 1.82) is 0 Å². The monoisotopic (exact) mass is 187 g/mol. The summed E-state index contributed by atoms with van der Waals surface area (Å²) < 4.78 is 5.21. The minimum Gasteiger partial charge on any atom is -0.618 e. The predicted molar refractivity (Wildman–Crippen MR) is 43.6 cm³/mol. The maximum atomic E-state index is 10.9. The molecule has 0 aliphatic carbocycles. The molecule has 0 aliphatic heterocycles. The Morgan fingerprint density at radius 2 is 2.58 bits per heavy atom. The van der Waals surface area contributed by atoms with Gasteiger partial charge in [-0.25, -0.2) is 0 Å². The number of carbonyl (C=O) groups excluding carboxylic acids is 1. The van der Waals surface area contributed by atoms with Crippen LogP contribution in [0.25, 0.3) is 0 Å². The molecule has 0 bridgehead atoms. The average molecular weight is 187 g/mol. The minimum atomic E-state index is -0.289. The van der Waals surface area contributed by atoms with Crippen molar-refractivity contribution < 1.29 is 14.3 Å². The highest BCUT2D eigenvalue weighted by Crippen LogP contribution is 2.04. The number of carbonyl (C=O) groups is 1. The molecular weight excluding hydrogens is 178 g/mol. The summed E-state index contributed by atoms with van der Waals surface area (Å²) in [5, 5.41) is 13.2. The fourth-order valence-corrected chi connectivity index (χ4v) is 1.49. The van der Waals surface area contributed by atoms with E-state index in [1.165, 1.54) is 24.6 Å². The van der Waals surface area contributed by atoms with Crippen LogP contribution < -0.4 is 4.73 Å². The normalized spacial score (nSPS) is 9.75. The summed E-state index contributed by atoms with van der Waals surface area (Å²) in [6.07, 6.45) is 2.14. The molecule has 0 N–H and O–H groups in total. The predicted octanol–water partition coefficient (Wildman–Crippen LogP) is 0.487. The first-order chi connectivity index (χ1) is 5.74. The van der Waals surface area contributed by atoms with E-state index in [1.807, 2.05) is 0 Å². The number of hydrogen-bond donors (Lipinski definition) is 0. The number of aryl methyl sites for hydroxylation is 1. The van der Waals surface area contributed by atoms with E-state index < -0.39 is 0 Å². The Labute approximate surface area is 74.0 Å². The topological polar surface area (TPSA) is 53.2 Å². The first-order valence-electron chi connectivity index (χ1n) is 3.46.